The van der Waals surface area contributed by atoms with Crippen molar-refractivity contribution in [2.24, 2.45) is 35.5 Å². The van der Waals surface area contributed by atoms with Crippen molar-refractivity contribution >= 4 is 11.6 Å². The van der Waals surface area contributed by atoms with Crippen LogP contribution < -0.4 is 0 Å². The maximum absolute atomic E-state index is 12.1. The van der Waals surface area contributed by atoms with Gasteiger partial charge in [0.05, 0.1) is 0 Å². The Labute approximate surface area is 93.2 Å². The third kappa shape index (κ3) is 0.721. The number of hydrogen-bond acceptors (Lipinski definition) is 3. The van der Waals surface area contributed by atoms with Gasteiger partial charge in [0.2, 0.25) is 0 Å². The fourth-order valence-corrected chi connectivity index (χ4v) is 3.88. The number of allylic oxidation sites excluding steroid dienone is 2. The lowest BCUT2D eigenvalue weighted by Gasteiger charge is -2.47. The Balaban J connectivity index is 1.79. The van der Waals surface area contributed by atoms with Crippen molar-refractivity contribution in [3.8, 4) is 0 Å². The number of fused-ring (bicyclic) bond motifs is 5. The first-order chi connectivity index (χ1) is 7.61. The molecule has 0 aromatic heterocycles. The van der Waals surface area contributed by atoms with Crippen LogP contribution in [0.4, 0.5) is 0 Å². The number of rotatable bonds is 0. The Kier molecular flexibility index (Phi) is 1.26. The molecule has 1 aliphatic heterocycles. The molecular formula is C13H12O3. The summed E-state index contributed by atoms with van der Waals surface area (Å²) in [4.78, 5) is 24.2. The summed E-state index contributed by atoms with van der Waals surface area (Å²) in [6.45, 7) is 7.66. The Morgan fingerprint density at radius 2 is 1.31 bits per heavy atom. The maximum atomic E-state index is 12.1. The fraction of sp³-hybridized carbons (Fsp3) is 0.538. The Bertz CT molecular complexity index is 434. The topological polar surface area (TPSA) is 43.4 Å². The third-order valence-electron chi connectivity index (χ3n) is 4.73. The molecule has 0 N–H and O–H groups in total. The molecule has 3 heteroatoms. The third-order valence-corrected chi connectivity index (χ3v) is 4.73. The van der Waals surface area contributed by atoms with Gasteiger partial charge < -0.3 is 4.74 Å². The van der Waals surface area contributed by atoms with Crippen LogP contribution in [0.5, 0.6) is 0 Å². The molecule has 0 bridgehead atoms. The van der Waals surface area contributed by atoms with Crippen LogP contribution in [0.2, 0.25) is 0 Å². The van der Waals surface area contributed by atoms with Crippen LogP contribution in [0.3, 0.4) is 0 Å². The molecule has 4 fully saturated rings. The molecule has 4 aliphatic rings. The lowest BCUT2D eigenvalue weighted by atomic mass is 9.51. The standard InChI is InChI=1S/C13H12O3/c1-4-8-9(5(2)16-4)11-10(8)12(14)6-3-7(6)13(11)15/h6-11H,1-3H2. The summed E-state index contributed by atoms with van der Waals surface area (Å²) in [5.41, 5.74) is 0. The van der Waals surface area contributed by atoms with E-state index in [-0.39, 0.29) is 47.1 Å². The summed E-state index contributed by atoms with van der Waals surface area (Å²) in [6, 6.07) is 0. The van der Waals surface area contributed by atoms with Crippen molar-refractivity contribution in [3.05, 3.63) is 24.7 Å². The average molecular weight is 216 g/mol. The van der Waals surface area contributed by atoms with Gasteiger partial charge in [-0.3, -0.25) is 9.59 Å². The van der Waals surface area contributed by atoms with Crippen LogP contribution in [0.1, 0.15) is 6.42 Å². The molecule has 82 valence electrons. The minimum atomic E-state index is -0.145. The van der Waals surface area contributed by atoms with Crippen LogP contribution >= 0.6 is 0 Å². The molecule has 0 amide bonds. The van der Waals surface area contributed by atoms with Gasteiger partial charge in [0.1, 0.15) is 23.1 Å². The molecule has 3 aliphatic carbocycles. The summed E-state index contributed by atoms with van der Waals surface area (Å²) >= 11 is 0. The second-order valence-corrected chi connectivity index (χ2v) is 5.39. The van der Waals surface area contributed by atoms with Crippen molar-refractivity contribution in [3.63, 3.8) is 0 Å². The predicted molar refractivity (Wildman–Crippen MR) is 54.9 cm³/mol. The van der Waals surface area contributed by atoms with E-state index < -0.39 is 0 Å². The van der Waals surface area contributed by atoms with Crippen LogP contribution in [0.15, 0.2) is 24.7 Å². The Morgan fingerprint density at radius 1 is 0.875 bits per heavy atom. The second kappa shape index (κ2) is 2.31. The van der Waals surface area contributed by atoms with Crippen LogP contribution in [-0.2, 0) is 14.3 Å². The Hall–Kier alpha value is -1.38. The highest BCUT2D eigenvalue weighted by Crippen LogP contribution is 2.65. The lowest BCUT2D eigenvalue weighted by molar-refractivity contribution is -0.152. The highest BCUT2D eigenvalue weighted by molar-refractivity contribution is 6.05. The number of carbonyl (C=O) groups excluding carboxylic acids is 2. The molecule has 0 radical (unpaired) electrons. The largest absolute Gasteiger partial charge is 0.467 e. The van der Waals surface area contributed by atoms with E-state index in [2.05, 4.69) is 13.2 Å². The van der Waals surface area contributed by atoms with E-state index in [1.807, 2.05) is 0 Å². The van der Waals surface area contributed by atoms with Gasteiger partial charge in [0, 0.05) is 35.5 Å². The van der Waals surface area contributed by atoms with Crippen LogP contribution in [0, 0.1) is 35.5 Å². The van der Waals surface area contributed by atoms with E-state index in [9.17, 15) is 9.59 Å². The summed E-state index contributed by atoms with van der Waals surface area (Å²) < 4.78 is 5.39. The SMILES string of the molecule is C=C1OC(=C)C2C1C1C(=O)C3CC3C(=O)C21. The van der Waals surface area contributed by atoms with Gasteiger partial charge in [0.15, 0.2) is 0 Å². The van der Waals surface area contributed by atoms with Crippen molar-refractivity contribution in [2.75, 3.05) is 0 Å². The van der Waals surface area contributed by atoms with Crippen molar-refractivity contribution in [2.45, 2.75) is 6.42 Å². The number of Topliss-reactive ketones (excluding diaryl/α,β-unsaturated/α-hetero) is 2. The molecular weight excluding hydrogens is 204 g/mol. The first-order valence-electron chi connectivity index (χ1n) is 5.74. The van der Waals surface area contributed by atoms with Crippen molar-refractivity contribution in [1.82, 2.24) is 0 Å². The summed E-state index contributed by atoms with van der Waals surface area (Å²) in [6.07, 6.45) is 0.782. The fourth-order valence-electron chi connectivity index (χ4n) is 3.88. The van der Waals surface area contributed by atoms with E-state index >= 15 is 0 Å². The van der Waals surface area contributed by atoms with E-state index in [1.165, 1.54) is 0 Å². The highest BCUT2D eigenvalue weighted by atomic mass is 16.5. The van der Waals surface area contributed by atoms with E-state index in [1.54, 1.807) is 0 Å². The summed E-state index contributed by atoms with van der Waals surface area (Å²) in [7, 11) is 0. The quantitative estimate of drug-likeness (QED) is 0.613. The normalized spacial score (nSPS) is 52.5. The van der Waals surface area contributed by atoms with E-state index in [0.29, 0.717) is 11.5 Å². The predicted octanol–water partition coefficient (Wildman–Crippen LogP) is 1.31. The van der Waals surface area contributed by atoms with Crippen LogP contribution in [-0.4, -0.2) is 11.6 Å². The summed E-state index contributed by atoms with van der Waals surface area (Å²) in [5, 5.41) is 0. The van der Waals surface area contributed by atoms with E-state index in [4.69, 9.17) is 4.74 Å². The molecule has 4 rings (SSSR count). The number of ketones is 2. The molecule has 0 aromatic rings. The van der Waals surface area contributed by atoms with Gasteiger partial charge in [-0.1, -0.05) is 13.2 Å². The highest BCUT2D eigenvalue weighted by Gasteiger charge is 2.71. The average Bonchev–Trinajstić information content (AvgIpc) is 2.89. The molecule has 6 unspecified atom stereocenters. The second-order valence-electron chi connectivity index (χ2n) is 5.39. The first kappa shape index (κ1) is 8.74. The van der Waals surface area contributed by atoms with Gasteiger partial charge in [-0.15, -0.1) is 0 Å². The zero-order valence-electron chi connectivity index (χ0n) is 8.81. The molecule has 0 spiro atoms. The smallest absolute Gasteiger partial charge is 0.141 e. The maximum Gasteiger partial charge on any atom is 0.141 e. The minimum Gasteiger partial charge on any atom is -0.467 e. The van der Waals surface area contributed by atoms with Crippen LogP contribution in [0.25, 0.3) is 0 Å². The van der Waals surface area contributed by atoms with Gasteiger partial charge in [0.25, 0.3) is 0 Å². The van der Waals surface area contributed by atoms with Gasteiger partial charge in [-0.05, 0) is 6.42 Å². The monoisotopic (exact) mass is 216 g/mol. The van der Waals surface area contributed by atoms with E-state index in [0.717, 1.165) is 6.42 Å². The summed E-state index contributed by atoms with van der Waals surface area (Å²) in [5.74, 6) is 1.65. The molecule has 16 heavy (non-hydrogen) atoms. The van der Waals surface area contributed by atoms with Gasteiger partial charge in [-0.2, -0.15) is 0 Å². The number of hydrogen-bond donors (Lipinski definition) is 0. The molecule has 3 nitrogen and oxygen atoms in total. The number of carbonyl (C=O) groups is 2. The molecule has 3 saturated carbocycles. The molecule has 6 atom stereocenters. The lowest BCUT2D eigenvalue weighted by Crippen LogP contribution is -2.56. The van der Waals surface area contributed by atoms with Crippen molar-refractivity contribution < 1.29 is 14.3 Å². The molecule has 1 heterocycles. The Morgan fingerprint density at radius 3 is 1.75 bits per heavy atom. The zero-order chi connectivity index (χ0) is 11.2. The zero-order valence-corrected chi connectivity index (χ0v) is 8.81. The first-order valence-corrected chi connectivity index (χ1v) is 5.74. The molecule has 1 saturated heterocycles. The molecule has 0 aromatic carbocycles. The van der Waals surface area contributed by atoms with Crippen molar-refractivity contribution in [1.29, 1.82) is 0 Å². The van der Waals surface area contributed by atoms with Gasteiger partial charge >= 0.3 is 0 Å². The minimum absolute atomic E-state index is 0.0244. The number of ether oxygens (including phenoxy) is 1. The van der Waals surface area contributed by atoms with Gasteiger partial charge in [-0.25, -0.2) is 0 Å².